The molecular formula is C54H53N. The molecule has 0 saturated heterocycles. The molecule has 0 radical (unpaired) electrons. The molecule has 0 amide bonds. The molecule has 0 N–H and O–H groups in total. The molecule has 4 aliphatic carbocycles. The molecule has 1 heteroatoms. The van der Waals surface area contributed by atoms with Gasteiger partial charge in [0, 0.05) is 17.1 Å². The van der Waals surface area contributed by atoms with Crippen molar-refractivity contribution in [2.75, 3.05) is 4.90 Å². The highest BCUT2D eigenvalue weighted by atomic mass is 15.1. The summed E-state index contributed by atoms with van der Waals surface area (Å²) >= 11 is 0. The van der Waals surface area contributed by atoms with Gasteiger partial charge >= 0.3 is 0 Å². The smallest absolute Gasteiger partial charge is 0.0714 e. The lowest BCUT2D eigenvalue weighted by atomic mass is 9.65. The standard InChI is InChI=1S/C54H53N/c1-4-38-31-37(2)35-53(3,36-38)42-23-27-46(28-24-42)55(45-25-21-40(22-26-45)50-33-39-19-20-41(50)32-39)47-29-30-49-48-17-11-12-18-51(48)54(52(49)34-47,43-13-7-5-8-14-43)44-15-9-6-10-16-44/h5-18,21-30,34,38-39,41,50H,2,4,19-20,31-33,35-36H2,1,3H3. The molecule has 3 fully saturated rings. The number of rotatable bonds is 8. The number of allylic oxidation sites excluding steroid dienone is 1. The van der Waals surface area contributed by atoms with Crippen LogP contribution in [-0.4, -0.2) is 0 Å². The van der Waals surface area contributed by atoms with Crippen molar-refractivity contribution in [1.29, 1.82) is 0 Å². The van der Waals surface area contributed by atoms with Crippen LogP contribution in [0.3, 0.4) is 0 Å². The van der Waals surface area contributed by atoms with Gasteiger partial charge in [-0.25, -0.2) is 0 Å². The maximum absolute atomic E-state index is 4.50. The molecule has 10 rings (SSSR count). The topological polar surface area (TPSA) is 3.24 Å². The summed E-state index contributed by atoms with van der Waals surface area (Å²) in [6.07, 6.45) is 10.3. The van der Waals surface area contributed by atoms with Crippen LogP contribution in [0.5, 0.6) is 0 Å². The Hall–Kier alpha value is -5.14. The molecule has 3 saturated carbocycles. The second-order valence-electron chi connectivity index (χ2n) is 17.7. The lowest BCUT2D eigenvalue weighted by Crippen LogP contribution is -2.30. The van der Waals surface area contributed by atoms with Crippen LogP contribution in [0, 0.1) is 17.8 Å². The van der Waals surface area contributed by atoms with Crippen LogP contribution in [0.25, 0.3) is 11.1 Å². The van der Waals surface area contributed by atoms with Crippen LogP contribution in [0.2, 0.25) is 0 Å². The predicted molar refractivity (Wildman–Crippen MR) is 231 cm³/mol. The van der Waals surface area contributed by atoms with E-state index in [1.807, 2.05) is 0 Å². The van der Waals surface area contributed by atoms with Crippen molar-refractivity contribution in [3.8, 4) is 11.1 Å². The van der Waals surface area contributed by atoms with Crippen molar-refractivity contribution in [2.45, 2.75) is 82.0 Å². The van der Waals surface area contributed by atoms with Crippen LogP contribution in [-0.2, 0) is 10.8 Å². The average molecular weight is 716 g/mol. The van der Waals surface area contributed by atoms with Gasteiger partial charge in [0.15, 0.2) is 0 Å². The van der Waals surface area contributed by atoms with Gasteiger partial charge in [-0.2, -0.15) is 0 Å². The van der Waals surface area contributed by atoms with Gasteiger partial charge in [-0.15, -0.1) is 0 Å². The van der Waals surface area contributed by atoms with Crippen molar-refractivity contribution >= 4 is 17.1 Å². The second kappa shape index (κ2) is 13.6. The van der Waals surface area contributed by atoms with Gasteiger partial charge < -0.3 is 4.90 Å². The Balaban J connectivity index is 1.13. The van der Waals surface area contributed by atoms with Crippen LogP contribution in [0.1, 0.15) is 105 Å². The first-order valence-corrected chi connectivity index (χ1v) is 21.0. The largest absolute Gasteiger partial charge is 0.310 e. The molecule has 2 bridgehead atoms. The van der Waals surface area contributed by atoms with E-state index in [0.717, 1.165) is 18.3 Å². The Labute approximate surface area is 328 Å². The van der Waals surface area contributed by atoms with Gasteiger partial charge in [0.05, 0.1) is 5.41 Å². The van der Waals surface area contributed by atoms with Crippen LogP contribution < -0.4 is 4.90 Å². The van der Waals surface area contributed by atoms with E-state index in [1.54, 1.807) is 0 Å². The molecule has 5 atom stereocenters. The van der Waals surface area contributed by atoms with Gasteiger partial charge in [-0.05, 0) is 149 Å². The summed E-state index contributed by atoms with van der Waals surface area (Å²) in [5.41, 5.74) is 15.5. The monoisotopic (exact) mass is 715 g/mol. The van der Waals surface area contributed by atoms with Gasteiger partial charge in [0.1, 0.15) is 0 Å². The molecule has 0 aromatic heterocycles. The summed E-state index contributed by atoms with van der Waals surface area (Å²) in [6.45, 7) is 9.30. The zero-order valence-corrected chi connectivity index (χ0v) is 32.6. The Kier molecular flexibility index (Phi) is 8.47. The zero-order chi connectivity index (χ0) is 37.1. The molecule has 6 aromatic carbocycles. The Morgan fingerprint density at radius 2 is 1.24 bits per heavy atom. The van der Waals surface area contributed by atoms with E-state index in [4.69, 9.17) is 0 Å². The highest BCUT2D eigenvalue weighted by Crippen LogP contribution is 2.58. The van der Waals surface area contributed by atoms with Crippen molar-refractivity contribution in [1.82, 2.24) is 0 Å². The highest BCUT2D eigenvalue weighted by molar-refractivity contribution is 5.89. The summed E-state index contributed by atoms with van der Waals surface area (Å²) in [4.78, 5) is 2.51. The van der Waals surface area contributed by atoms with Gasteiger partial charge in [-0.3, -0.25) is 0 Å². The molecule has 1 nitrogen and oxygen atoms in total. The maximum Gasteiger partial charge on any atom is 0.0714 e. The summed E-state index contributed by atoms with van der Waals surface area (Å²) in [6, 6.07) is 57.9. The molecular weight excluding hydrogens is 663 g/mol. The minimum absolute atomic E-state index is 0.117. The van der Waals surface area contributed by atoms with E-state index >= 15 is 0 Å². The first kappa shape index (κ1) is 34.4. The fraction of sp³-hybridized carbons (Fsp3) is 0.296. The number of hydrogen-bond acceptors (Lipinski definition) is 1. The molecule has 0 spiro atoms. The normalized spacial score (nSPS) is 24.7. The van der Waals surface area contributed by atoms with Crippen LogP contribution in [0.15, 0.2) is 164 Å². The van der Waals surface area contributed by atoms with Crippen LogP contribution in [0.4, 0.5) is 17.1 Å². The first-order valence-electron chi connectivity index (χ1n) is 21.0. The molecule has 0 heterocycles. The predicted octanol–water partition coefficient (Wildman–Crippen LogP) is 14.4. The average Bonchev–Trinajstić information content (AvgIpc) is 3.95. The molecule has 6 aromatic rings. The number of nitrogens with zero attached hydrogens (tertiary/aromatic N) is 1. The molecule has 55 heavy (non-hydrogen) atoms. The zero-order valence-electron chi connectivity index (χ0n) is 32.6. The van der Waals surface area contributed by atoms with Crippen molar-refractivity contribution in [2.24, 2.45) is 17.8 Å². The van der Waals surface area contributed by atoms with E-state index in [2.05, 4.69) is 177 Å². The Morgan fingerprint density at radius 3 is 1.87 bits per heavy atom. The van der Waals surface area contributed by atoms with Gasteiger partial charge in [0.25, 0.3) is 0 Å². The SMILES string of the molecule is C=C1CC(CC)CC(C)(c2ccc(N(c3ccc(C4CC5CCC4C5)cc3)c3ccc4c(c3)C(c3ccccc3)(c3ccccc3)c3ccccc3-4)cc2)C1. The fourth-order valence-corrected chi connectivity index (χ4v) is 11.9. The Bertz CT molecular complexity index is 2300. The second-order valence-corrected chi connectivity index (χ2v) is 17.7. The molecule has 0 aliphatic heterocycles. The van der Waals surface area contributed by atoms with E-state index in [0.29, 0.717) is 11.8 Å². The maximum atomic E-state index is 4.50. The van der Waals surface area contributed by atoms with Gasteiger partial charge in [0.2, 0.25) is 0 Å². The quantitative estimate of drug-likeness (QED) is 0.142. The van der Waals surface area contributed by atoms with E-state index in [9.17, 15) is 0 Å². The van der Waals surface area contributed by atoms with E-state index < -0.39 is 5.41 Å². The molecule has 4 aliphatic rings. The lowest BCUT2D eigenvalue weighted by molar-refractivity contribution is 0.281. The van der Waals surface area contributed by atoms with Crippen molar-refractivity contribution in [3.63, 3.8) is 0 Å². The summed E-state index contributed by atoms with van der Waals surface area (Å²) < 4.78 is 0. The van der Waals surface area contributed by atoms with Crippen LogP contribution >= 0.6 is 0 Å². The number of benzene rings is 6. The number of hydrogen-bond donors (Lipinski definition) is 0. The van der Waals surface area contributed by atoms with Crippen molar-refractivity contribution in [3.05, 3.63) is 197 Å². The third-order valence-electron chi connectivity index (χ3n) is 14.4. The fourth-order valence-electron chi connectivity index (χ4n) is 11.9. The van der Waals surface area contributed by atoms with E-state index in [-0.39, 0.29) is 5.41 Å². The van der Waals surface area contributed by atoms with Gasteiger partial charge in [-0.1, -0.05) is 154 Å². The molecule has 274 valence electrons. The van der Waals surface area contributed by atoms with Crippen molar-refractivity contribution < 1.29 is 0 Å². The highest BCUT2D eigenvalue weighted by Gasteiger charge is 2.46. The third-order valence-corrected chi connectivity index (χ3v) is 14.4. The minimum atomic E-state index is -0.445. The minimum Gasteiger partial charge on any atom is -0.310 e. The summed E-state index contributed by atoms with van der Waals surface area (Å²) in [5.74, 6) is 3.23. The lowest BCUT2D eigenvalue weighted by Gasteiger charge is -2.40. The van der Waals surface area contributed by atoms with E-state index in [1.165, 1.54) is 112 Å². The number of anilines is 3. The summed E-state index contributed by atoms with van der Waals surface area (Å²) in [7, 11) is 0. The Morgan fingerprint density at radius 1 is 0.618 bits per heavy atom. The third kappa shape index (κ3) is 5.65. The summed E-state index contributed by atoms with van der Waals surface area (Å²) in [5, 5.41) is 0. The molecule has 5 unspecified atom stereocenters. The first-order chi connectivity index (χ1) is 26.9. The number of fused-ring (bicyclic) bond motifs is 5.